The molecule has 0 saturated heterocycles. The molecule has 0 atom stereocenters. The highest BCUT2D eigenvalue weighted by molar-refractivity contribution is 5.93. The van der Waals surface area contributed by atoms with Crippen molar-refractivity contribution in [3.05, 3.63) is 59.2 Å². The number of carbonyl (C=O) groups excluding carboxylic acids is 2. The normalized spacial score (nSPS) is 10.6. The lowest BCUT2D eigenvalue weighted by Gasteiger charge is -2.07. The third kappa shape index (κ3) is 6.05. The van der Waals surface area contributed by atoms with Gasteiger partial charge in [0.05, 0.1) is 13.3 Å². The van der Waals surface area contributed by atoms with Crippen molar-refractivity contribution in [1.29, 1.82) is 0 Å². The van der Waals surface area contributed by atoms with Crippen LogP contribution in [0.3, 0.4) is 0 Å². The Balaban J connectivity index is 1.76. The van der Waals surface area contributed by atoms with Crippen LogP contribution in [0.2, 0.25) is 0 Å². The summed E-state index contributed by atoms with van der Waals surface area (Å²) < 4.78 is 5.12. The number of amides is 2. The van der Waals surface area contributed by atoms with Crippen LogP contribution in [0.1, 0.15) is 29.5 Å². The maximum Gasteiger partial charge on any atom is 0.240 e. The van der Waals surface area contributed by atoms with E-state index in [1.165, 1.54) is 6.21 Å². The van der Waals surface area contributed by atoms with E-state index < -0.39 is 0 Å². The fourth-order valence-corrected chi connectivity index (χ4v) is 2.23. The van der Waals surface area contributed by atoms with Crippen molar-refractivity contribution >= 4 is 23.7 Å². The molecule has 136 valence electrons. The Hall–Kier alpha value is -3.15. The van der Waals surface area contributed by atoms with E-state index in [9.17, 15) is 9.59 Å². The first-order valence-corrected chi connectivity index (χ1v) is 8.31. The zero-order valence-electron chi connectivity index (χ0n) is 15.2. The summed E-state index contributed by atoms with van der Waals surface area (Å²) in [5.41, 5.74) is 6.22. The van der Waals surface area contributed by atoms with Crippen LogP contribution in [0.4, 0.5) is 5.69 Å². The molecule has 0 unspecified atom stereocenters. The van der Waals surface area contributed by atoms with Gasteiger partial charge in [-0.1, -0.05) is 18.2 Å². The van der Waals surface area contributed by atoms with E-state index in [1.807, 2.05) is 50.2 Å². The lowest BCUT2D eigenvalue weighted by Crippen LogP contribution is -2.20. The molecule has 2 aromatic carbocycles. The number of aryl methyl sites for hydroxylation is 2. The van der Waals surface area contributed by atoms with Crippen molar-refractivity contribution in [2.45, 2.75) is 26.7 Å². The van der Waals surface area contributed by atoms with Crippen LogP contribution in [0.5, 0.6) is 5.75 Å². The number of nitrogens with one attached hydrogen (secondary N) is 2. The minimum Gasteiger partial charge on any atom is -0.497 e. The predicted molar refractivity (Wildman–Crippen MR) is 103 cm³/mol. The Bertz CT molecular complexity index is 816. The zero-order valence-corrected chi connectivity index (χ0v) is 15.2. The van der Waals surface area contributed by atoms with Crippen molar-refractivity contribution < 1.29 is 14.3 Å². The molecular weight excluding hydrogens is 330 g/mol. The average Bonchev–Trinajstić information content (AvgIpc) is 2.63. The molecule has 0 aliphatic heterocycles. The first-order chi connectivity index (χ1) is 12.5. The molecular formula is C20H23N3O3. The van der Waals surface area contributed by atoms with Crippen molar-refractivity contribution in [3.63, 3.8) is 0 Å². The molecule has 0 radical (unpaired) electrons. The molecule has 0 fully saturated rings. The molecule has 0 aromatic heterocycles. The summed E-state index contributed by atoms with van der Waals surface area (Å²) in [7, 11) is 1.58. The number of benzene rings is 2. The van der Waals surface area contributed by atoms with Gasteiger partial charge in [-0.3, -0.25) is 9.59 Å². The van der Waals surface area contributed by atoms with E-state index in [2.05, 4.69) is 15.8 Å². The molecule has 0 heterocycles. The van der Waals surface area contributed by atoms with Gasteiger partial charge in [-0.15, -0.1) is 0 Å². The molecule has 0 spiro atoms. The van der Waals surface area contributed by atoms with E-state index in [0.717, 1.165) is 22.4 Å². The molecule has 0 bridgehead atoms. The number of carbonyl (C=O) groups is 2. The Morgan fingerprint density at radius 1 is 1.04 bits per heavy atom. The number of nitrogens with zero attached hydrogens (tertiary/aromatic N) is 1. The van der Waals surface area contributed by atoms with E-state index in [-0.39, 0.29) is 24.7 Å². The van der Waals surface area contributed by atoms with Crippen LogP contribution < -0.4 is 15.5 Å². The second kappa shape index (κ2) is 9.36. The summed E-state index contributed by atoms with van der Waals surface area (Å²) in [6, 6.07) is 13.0. The molecule has 6 nitrogen and oxygen atoms in total. The monoisotopic (exact) mass is 353 g/mol. The smallest absolute Gasteiger partial charge is 0.240 e. The van der Waals surface area contributed by atoms with Gasteiger partial charge in [0.2, 0.25) is 11.8 Å². The SMILES string of the molecule is COc1cccc(C=NNC(=O)CCC(=O)Nc2ccc(C)c(C)c2)c1. The van der Waals surface area contributed by atoms with E-state index in [0.29, 0.717) is 5.75 Å². The third-order valence-electron chi connectivity index (χ3n) is 3.87. The Morgan fingerprint density at radius 3 is 2.54 bits per heavy atom. The largest absolute Gasteiger partial charge is 0.497 e. The van der Waals surface area contributed by atoms with Crippen LogP contribution in [0.15, 0.2) is 47.6 Å². The number of rotatable bonds is 7. The van der Waals surface area contributed by atoms with E-state index in [1.54, 1.807) is 13.2 Å². The fraction of sp³-hybridized carbons (Fsp3) is 0.250. The van der Waals surface area contributed by atoms with Crippen molar-refractivity contribution in [2.24, 2.45) is 5.10 Å². The number of methoxy groups -OCH3 is 1. The van der Waals surface area contributed by atoms with Crippen molar-refractivity contribution in [2.75, 3.05) is 12.4 Å². The van der Waals surface area contributed by atoms with Crippen molar-refractivity contribution in [3.8, 4) is 5.75 Å². The predicted octanol–water partition coefficient (Wildman–Crippen LogP) is 3.18. The summed E-state index contributed by atoms with van der Waals surface area (Å²) in [5.74, 6) is 0.183. The summed E-state index contributed by atoms with van der Waals surface area (Å²) in [5, 5.41) is 6.68. The second-order valence-electron chi connectivity index (χ2n) is 5.92. The molecule has 2 N–H and O–H groups in total. The van der Waals surface area contributed by atoms with Gasteiger partial charge < -0.3 is 10.1 Å². The van der Waals surface area contributed by atoms with Crippen LogP contribution in [-0.2, 0) is 9.59 Å². The van der Waals surface area contributed by atoms with Crippen LogP contribution in [0, 0.1) is 13.8 Å². The first kappa shape index (κ1) is 19.2. The molecule has 2 aromatic rings. The third-order valence-corrected chi connectivity index (χ3v) is 3.87. The lowest BCUT2D eigenvalue weighted by atomic mass is 10.1. The van der Waals surface area contributed by atoms with Gasteiger partial charge >= 0.3 is 0 Å². The van der Waals surface area contributed by atoms with Gasteiger partial charge in [-0.2, -0.15) is 5.10 Å². The van der Waals surface area contributed by atoms with Gasteiger partial charge in [0.25, 0.3) is 0 Å². The van der Waals surface area contributed by atoms with E-state index >= 15 is 0 Å². The number of hydrazone groups is 1. The van der Waals surface area contributed by atoms with Crippen molar-refractivity contribution in [1.82, 2.24) is 5.43 Å². The molecule has 2 rings (SSSR count). The molecule has 0 saturated carbocycles. The number of anilines is 1. The molecule has 0 aliphatic carbocycles. The highest BCUT2D eigenvalue weighted by Gasteiger charge is 2.07. The summed E-state index contributed by atoms with van der Waals surface area (Å²) in [4.78, 5) is 23.7. The van der Waals surface area contributed by atoms with Crippen LogP contribution in [-0.4, -0.2) is 25.1 Å². The molecule has 6 heteroatoms. The van der Waals surface area contributed by atoms with E-state index in [4.69, 9.17) is 4.74 Å². The maximum atomic E-state index is 11.9. The summed E-state index contributed by atoms with van der Waals surface area (Å²) in [6.07, 6.45) is 1.68. The Kier molecular flexibility index (Phi) is 6.91. The highest BCUT2D eigenvalue weighted by atomic mass is 16.5. The maximum absolute atomic E-state index is 11.9. The van der Waals surface area contributed by atoms with Gasteiger partial charge in [-0.25, -0.2) is 5.43 Å². The van der Waals surface area contributed by atoms with Gasteiger partial charge in [0.15, 0.2) is 0 Å². The fourth-order valence-electron chi connectivity index (χ4n) is 2.23. The average molecular weight is 353 g/mol. The summed E-state index contributed by atoms with van der Waals surface area (Å²) >= 11 is 0. The zero-order chi connectivity index (χ0) is 18.9. The van der Waals surface area contributed by atoms with Crippen LogP contribution >= 0.6 is 0 Å². The second-order valence-corrected chi connectivity index (χ2v) is 5.92. The Labute approximate surface area is 153 Å². The highest BCUT2D eigenvalue weighted by Crippen LogP contribution is 2.14. The van der Waals surface area contributed by atoms with Gasteiger partial charge in [0, 0.05) is 18.5 Å². The Morgan fingerprint density at radius 2 is 1.81 bits per heavy atom. The number of ether oxygens (including phenoxy) is 1. The molecule has 2 amide bonds. The molecule has 0 aliphatic rings. The lowest BCUT2D eigenvalue weighted by molar-refractivity contribution is -0.124. The first-order valence-electron chi connectivity index (χ1n) is 8.31. The minimum absolute atomic E-state index is 0.0616. The summed E-state index contributed by atoms with van der Waals surface area (Å²) in [6.45, 7) is 4.00. The number of hydrogen-bond donors (Lipinski definition) is 2. The van der Waals surface area contributed by atoms with Crippen LogP contribution in [0.25, 0.3) is 0 Å². The molecule has 26 heavy (non-hydrogen) atoms. The standard InChI is InChI=1S/C20H23N3O3/c1-14-7-8-17(11-15(14)2)22-19(24)9-10-20(25)23-21-13-16-5-4-6-18(12-16)26-3/h4-8,11-13H,9-10H2,1-3H3,(H,22,24)(H,23,25). The minimum atomic E-state index is -0.320. The topological polar surface area (TPSA) is 79.8 Å². The van der Waals surface area contributed by atoms with Gasteiger partial charge in [0.1, 0.15) is 5.75 Å². The quantitative estimate of drug-likeness (QED) is 0.593. The van der Waals surface area contributed by atoms with Gasteiger partial charge in [-0.05, 0) is 54.8 Å². The number of hydrogen-bond acceptors (Lipinski definition) is 4.